The largest absolute Gasteiger partial charge is 0.480 e. The second-order valence-electron chi connectivity index (χ2n) is 11.9. The number of hydrogen-bond acceptors (Lipinski definition) is 11. The van der Waals surface area contributed by atoms with Gasteiger partial charge in [0, 0.05) is 66.7 Å². The van der Waals surface area contributed by atoms with Gasteiger partial charge in [-0.25, -0.2) is 9.97 Å². The number of aliphatic hydroxyl groups is 2. The summed E-state index contributed by atoms with van der Waals surface area (Å²) in [6.07, 6.45) is 5.40. The number of allylic oxidation sites excluding steroid dienone is 1. The predicted molar refractivity (Wildman–Crippen MR) is 181 cm³/mol. The summed E-state index contributed by atoms with van der Waals surface area (Å²) in [4.78, 5) is 20.7. The van der Waals surface area contributed by atoms with E-state index in [1.54, 1.807) is 19.5 Å². The third-order valence-electron chi connectivity index (χ3n) is 8.44. The van der Waals surface area contributed by atoms with Crippen molar-refractivity contribution in [1.82, 2.24) is 35.5 Å². The number of likely N-dealkylation sites (tertiary alicyclic amines) is 1. The maximum atomic E-state index is 10.1. The number of hydrogen-bond donors (Lipinski definition) is 4. The molecule has 11 nitrogen and oxygen atoms in total. The van der Waals surface area contributed by atoms with Crippen LogP contribution in [0.4, 0.5) is 0 Å². The minimum absolute atomic E-state index is 0.283. The molecule has 4 N–H and O–H groups in total. The number of nitrogens with zero attached hydrogens (tertiary/aromatic N) is 5. The maximum absolute atomic E-state index is 10.1. The summed E-state index contributed by atoms with van der Waals surface area (Å²) in [5.41, 5.74) is 5.23. The Morgan fingerprint density at radius 2 is 1.49 bits per heavy atom. The maximum Gasteiger partial charge on any atom is 0.237 e. The predicted octanol–water partition coefficient (Wildman–Crippen LogP) is 4.49. The molecule has 246 valence electrons. The fraction of sp³-hybridized carbons (Fsp3) is 0.353. The van der Waals surface area contributed by atoms with E-state index in [0.29, 0.717) is 93.5 Å². The third-order valence-corrected chi connectivity index (χ3v) is 9.25. The SMILES string of the molecule is C=C1CC[C@@H](CNCc2ncc(-c3cccc(-c4cccc(-c5cnc(CN6CC(O)(CO)C6)c(OC)n5)c4Cl)c3Cl)nc2OC)N1. The van der Waals surface area contributed by atoms with Gasteiger partial charge in [-0.1, -0.05) is 66.2 Å². The summed E-state index contributed by atoms with van der Waals surface area (Å²) in [5.74, 6) is 0.783. The van der Waals surface area contributed by atoms with Crippen molar-refractivity contribution in [3.05, 3.63) is 82.5 Å². The van der Waals surface area contributed by atoms with Crippen LogP contribution in [0.1, 0.15) is 24.2 Å². The first kappa shape index (κ1) is 33.1. The van der Waals surface area contributed by atoms with E-state index in [4.69, 9.17) is 42.6 Å². The first-order chi connectivity index (χ1) is 22.7. The lowest BCUT2D eigenvalue weighted by atomic mass is 9.95. The van der Waals surface area contributed by atoms with Crippen LogP contribution in [0.25, 0.3) is 33.6 Å². The summed E-state index contributed by atoms with van der Waals surface area (Å²) in [5, 5.41) is 27.2. The van der Waals surface area contributed by atoms with Crippen LogP contribution in [0.2, 0.25) is 10.0 Å². The van der Waals surface area contributed by atoms with E-state index in [1.807, 2.05) is 41.3 Å². The van der Waals surface area contributed by atoms with E-state index in [-0.39, 0.29) is 6.61 Å². The molecule has 0 amide bonds. The molecule has 0 unspecified atom stereocenters. The number of aromatic nitrogens is 4. The zero-order valence-corrected chi connectivity index (χ0v) is 27.8. The summed E-state index contributed by atoms with van der Waals surface area (Å²) < 4.78 is 11.2. The quantitative estimate of drug-likeness (QED) is 0.169. The van der Waals surface area contributed by atoms with Crippen LogP contribution in [0.3, 0.4) is 0 Å². The van der Waals surface area contributed by atoms with E-state index >= 15 is 0 Å². The number of nitrogens with one attached hydrogen (secondary N) is 2. The molecule has 47 heavy (non-hydrogen) atoms. The van der Waals surface area contributed by atoms with Crippen LogP contribution in [0.5, 0.6) is 11.8 Å². The minimum Gasteiger partial charge on any atom is -0.480 e. The van der Waals surface area contributed by atoms with E-state index in [0.717, 1.165) is 30.6 Å². The molecule has 2 aliphatic rings. The lowest BCUT2D eigenvalue weighted by molar-refractivity contribution is -0.129. The molecule has 0 spiro atoms. The van der Waals surface area contributed by atoms with Crippen molar-refractivity contribution in [1.29, 1.82) is 0 Å². The van der Waals surface area contributed by atoms with Gasteiger partial charge in [0.25, 0.3) is 0 Å². The molecule has 0 bridgehead atoms. The molecule has 2 fully saturated rings. The second kappa shape index (κ2) is 14.1. The molecule has 4 heterocycles. The van der Waals surface area contributed by atoms with Crippen LogP contribution in [0, 0.1) is 0 Å². The Morgan fingerprint density at radius 3 is 2.02 bits per heavy atom. The number of rotatable bonds is 12. The second-order valence-corrected chi connectivity index (χ2v) is 12.7. The normalized spacial score (nSPS) is 17.3. The number of benzene rings is 2. The molecular formula is C34H37Cl2N7O4. The van der Waals surface area contributed by atoms with Gasteiger partial charge < -0.3 is 30.3 Å². The van der Waals surface area contributed by atoms with Crippen molar-refractivity contribution in [3.8, 4) is 45.4 Å². The zero-order chi connectivity index (χ0) is 33.1. The number of aliphatic hydroxyl groups excluding tert-OH is 1. The Hall–Kier alpha value is -3.84. The Kier molecular flexibility index (Phi) is 9.93. The first-order valence-electron chi connectivity index (χ1n) is 15.3. The van der Waals surface area contributed by atoms with E-state index in [2.05, 4.69) is 27.2 Å². The van der Waals surface area contributed by atoms with Crippen LogP contribution in [-0.4, -0.2) is 87.2 Å². The molecule has 2 aromatic heterocycles. The monoisotopic (exact) mass is 677 g/mol. The molecule has 0 aliphatic carbocycles. The topological polar surface area (TPSA) is 138 Å². The molecule has 13 heteroatoms. The van der Waals surface area contributed by atoms with Gasteiger partial charge in [0.05, 0.1) is 54.7 Å². The van der Waals surface area contributed by atoms with Gasteiger partial charge in [-0.15, -0.1) is 0 Å². The van der Waals surface area contributed by atoms with Crippen molar-refractivity contribution in [2.45, 2.75) is 37.6 Å². The van der Waals surface area contributed by atoms with Gasteiger partial charge in [-0.2, -0.15) is 0 Å². The zero-order valence-electron chi connectivity index (χ0n) is 26.3. The molecule has 4 aromatic rings. The molecule has 0 saturated carbocycles. The van der Waals surface area contributed by atoms with Crippen molar-refractivity contribution in [3.63, 3.8) is 0 Å². The highest BCUT2D eigenvalue weighted by molar-refractivity contribution is 6.39. The fourth-order valence-electron chi connectivity index (χ4n) is 6.00. The first-order valence-corrected chi connectivity index (χ1v) is 16.1. The van der Waals surface area contributed by atoms with E-state index in [1.165, 1.54) is 7.11 Å². The highest BCUT2D eigenvalue weighted by atomic mass is 35.5. The third kappa shape index (κ3) is 7.06. The number of β-amino-alcohol motifs (C(OH)–C–C–N with tert-alkyl or cyclic N) is 1. The van der Waals surface area contributed by atoms with Crippen LogP contribution >= 0.6 is 23.2 Å². The highest BCUT2D eigenvalue weighted by Crippen LogP contribution is 2.42. The Labute approximate surface area is 283 Å². The summed E-state index contributed by atoms with van der Waals surface area (Å²) in [7, 11) is 3.11. The molecular weight excluding hydrogens is 641 g/mol. The van der Waals surface area contributed by atoms with Crippen molar-refractivity contribution in [2.24, 2.45) is 0 Å². The van der Waals surface area contributed by atoms with Gasteiger partial charge in [0.1, 0.15) is 17.0 Å². The summed E-state index contributed by atoms with van der Waals surface area (Å²) in [6, 6.07) is 11.7. The Balaban J connectivity index is 1.23. The molecule has 2 saturated heterocycles. The van der Waals surface area contributed by atoms with Gasteiger partial charge >= 0.3 is 0 Å². The molecule has 1 atom stereocenters. The molecule has 2 aromatic carbocycles. The van der Waals surface area contributed by atoms with Crippen LogP contribution in [-0.2, 0) is 13.1 Å². The van der Waals surface area contributed by atoms with Crippen molar-refractivity contribution < 1.29 is 19.7 Å². The lowest BCUT2D eigenvalue weighted by Crippen LogP contribution is -2.63. The highest BCUT2D eigenvalue weighted by Gasteiger charge is 2.41. The fourth-order valence-corrected chi connectivity index (χ4v) is 6.64. The molecule has 2 aliphatic heterocycles. The molecule has 6 rings (SSSR count). The summed E-state index contributed by atoms with van der Waals surface area (Å²) >= 11 is 14.1. The summed E-state index contributed by atoms with van der Waals surface area (Å²) in [6.45, 7) is 6.13. The smallest absolute Gasteiger partial charge is 0.237 e. The van der Waals surface area contributed by atoms with Gasteiger partial charge in [0.2, 0.25) is 11.8 Å². The van der Waals surface area contributed by atoms with Gasteiger partial charge in [0.15, 0.2) is 0 Å². The number of halogens is 2. The Bertz CT molecular complexity index is 1780. The van der Waals surface area contributed by atoms with E-state index in [9.17, 15) is 10.2 Å². The van der Waals surface area contributed by atoms with Crippen molar-refractivity contribution >= 4 is 23.2 Å². The molecule has 0 radical (unpaired) electrons. The van der Waals surface area contributed by atoms with Gasteiger partial charge in [-0.05, 0) is 12.8 Å². The lowest BCUT2D eigenvalue weighted by Gasteiger charge is -2.45. The standard InChI is InChI=1S/C34H37Cl2N7O4/c1-20-10-11-21(40-20)12-37-13-28-32(46-2)41-26(14-38-28)24-8-4-6-22(30(24)35)23-7-5-9-25(31(23)36)27-15-39-29(33(42-27)47-3)16-43-17-34(45,18-43)19-44/h4-9,14-15,21,37,40,44-45H,1,10-13,16-19H2,2-3H3/t21-/m0/s1. The van der Waals surface area contributed by atoms with Crippen molar-refractivity contribution in [2.75, 3.05) is 40.5 Å². The van der Waals surface area contributed by atoms with Gasteiger partial charge in [-0.3, -0.25) is 14.9 Å². The number of methoxy groups -OCH3 is 2. The van der Waals surface area contributed by atoms with Crippen LogP contribution in [0.15, 0.2) is 61.1 Å². The van der Waals surface area contributed by atoms with E-state index < -0.39 is 5.60 Å². The average molecular weight is 679 g/mol. The van der Waals surface area contributed by atoms with Crippen LogP contribution < -0.4 is 20.1 Å². The number of ether oxygens (including phenoxy) is 2. The average Bonchev–Trinajstić information content (AvgIpc) is 3.49. The Morgan fingerprint density at radius 1 is 0.936 bits per heavy atom. The minimum atomic E-state index is -1.07.